The first-order valence-corrected chi connectivity index (χ1v) is 7.93. The number of rotatable bonds is 5. The van der Waals surface area contributed by atoms with Crippen LogP contribution in [0, 0.1) is 6.92 Å². The van der Waals surface area contributed by atoms with E-state index in [9.17, 15) is 9.59 Å². The normalized spacial score (nSPS) is 12.2. The third-order valence-corrected chi connectivity index (χ3v) is 4.49. The number of hydrogen-bond acceptors (Lipinski definition) is 4. The highest BCUT2D eigenvalue weighted by Crippen LogP contribution is 2.22. The maximum atomic E-state index is 12.4. The summed E-state index contributed by atoms with van der Waals surface area (Å²) in [5, 5.41) is 13.7. The Balaban J connectivity index is 1.85. The van der Waals surface area contributed by atoms with Crippen molar-refractivity contribution >= 4 is 28.9 Å². The highest BCUT2D eigenvalue weighted by atomic mass is 32.1. The minimum atomic E-state index is -0.963. The smallest absolute Gasteiger partial charge is 0.305 e. The number of pyridine rings is 1. The van der Waals surface area contributed by atoms with Crippen LogP contribution in [-0.2, 0) is 4.79 Å². The average Bonchev–Trinajstić information content (AvgIpc) is 3.16. The van der Waals surface area contributed by atoms with Gasteiger partial charge >= 0.3 is 5.97 Å². The van der Waals surface area contributed by atoms with Gasteiger partial charge in [0.05, 0.1) is 12.5 Å². The number of carboxylic acid groups (broad SMARTS) is 1. The summed E-state index contributed by atoms with van der Waals surface area (Å²) >= 11 is 1.41. The molecule has 0 unspecified atom stereocenters. The predicted octanol–water partition coefficient (Wildman–Crippen LogP) is 2.65. The number of aromatic nitrogens is 2. The van der Waals surface area contributed by atoms with E-state index in [-0.39, 0.29) is 18.0 Å². The second kappa shape index (κ2) is 6.21. The van der Waals surface area contributed by atoms with Crippen LogP contribution in [0.5, 0.6) is 0 Å². The number of imidazole rings is 1. The van der Waals surface area contributed by atoms with Gasteiger partial charge in [-0.1, -0.05) is 12.1 Å². The van der Waals surface area contributed by atoms with E-state index in [1.165, 1.54) is 11.3 Å². The Kier molecular flexibility index (Phi) is 4.12. The second-order valence-corrected chi connectivity index (χ2v) is 6.14. The quantitative estimate of drug-likeness (QED) is 0.754. The van der Waals surface area contributed by atoms with Gasteiger partial charge in [-0.15, -0.1) is 11.3 Å². The molecule has 6 nitrogen and oxygen atoms in total. The Labute approximate surface area is 136 Å². The molecule has 3 aromatic rings. The van der Waals surface area contributed by atoms with Crippen molar-refractivity contribution in [3.05, 3.63) is 58.2 Å². The molecule has 7 heteroatoms. The van der Waals surface area contributed by atoms with Gasteiger partial charge in [0.25, 0.3) is 5.91 Å². The fourth-order valence-corrected chi connectivity index (χ4v) is 3.15. The van der Waals surface area contributed by atoms with Crippen LogP contribution in [-0.4, -0.2) is 26.4 Å². The molecule has 1 atom stereocenters. The van der Waals surface area contributed by atoms with Gasteiger partial charge in [0.15, 0.2) is 0 Å². The number of amides is 1. The van der Waals surface area contributed by atoms with Crippen LogP contribution in [0.3, 0.4) is 0 Å². The Morgan fingerprint density at radius 2 is 2.17 bits per heavy atom. The van der Waals surface area contributed by atoms with Crippen LogP contribution in [0.1, 0.15) is 33.5 Å². The van der Waals surface area contributed by atoms with Gasteiger partial charge in [-0.3, -0.25) is 9.59 Å². The number of hydrogen-bond donors (Lipinski definition) is 2. The van der Waals surface area contributed by atoms with Gasteiger partial charge in [0.1, 0.15) is 11.3 Å². The topological polar surface area (TPSA) is 83.7 Å². The summed E-state index contributed by atoms with van der Waals surface area (Å²) in [6.45, 7) is 1.93. The zero-order valence-corrected chi connectivity index (χ0v) is 13.2. The minimum Gasteiger partial charge on any atom is -0.481 e. The molecule has 0 bridgehead atoms. The molecule has 0 spiro atoms. The van der Waals surface area contributed by atoms with E-state index < -0.39 is 12.0 Å². The first kappa shape index (κ1) is 15.2. The lowest BCUT2D eigenvalue weighted by Gasteiger charge is -2.14. The lowest BCUT2D eigenvalue weighted by Crippen LogP contribution is -2.29. The van der Waals surface area contributed by atoms with Crippen molar-refractivity contribution in [3.63, 3.8) is 0 Å². The Morgan fingerprint density at radius 1 is 1.35 bits per heavy atom. The number of carboxylic acids is 1. The Hall–Kier alpha value is -2.67. The number of fused-ring (bicyclic) bond motifs is 1. The van der Waals surface area contributed by atoms with E-state index in [1.54, 1.807) is 6.20 Å². The average molecular weight is 329 g/mol. The van der Waals surface area contributed by atoms with Crippen molar-refractivity contribution in [2.24, 2.45) is 0 Å². The summed E-state index contributed by atoms with van der Waals surface area (Å²) in [5.74, 6) is -1.35. The molecule has 3 heterocycles. The largest absolute Gasteiger partial charge is 0.481 e. The molecule has 0 fully saturated rings. The Morgan fingerprint density at radius 3 is 2.83 bits per heavy atom. The number of thiophene rings is 1. The summed E-state index contributed by atoms with van der Waals surface area (Å²) in [7, 11) is 0. The molecule has 0 saturated heterocycles. The fourth-order valence-electron chi connectivity index (χ4n) is 2.38. The Bertz CT molecular complexity index is 855. The monoisotopic (exact) mass is 329 g/mol. The fraction of sp³-hybridized carbons (Fsp3) is 0.188. The number of carbonyl (C=O) groups is 2. The van der Waals surface area contributed by atoms with Crippen LogP contribution < -0.4 is 5.32 Å². The molecule has 3 aromatic heterocycles. The lowest BCUT2D eigenvalue weighted by molar-refractivity contribution is -0.137. The molecule has 1 amide bonds. The third kappa shape index (κ3) is 3.24. The van der Waals surface area contributed by atoms with Crippen molar-refractivity contribution in [2.45, 2.75) is 19.4 Å². The van der Waals surface area contributed by atoms with Gasteiger partial charge in [-0.2, -0.15) is 0 Å². The van der Waals surface area contributed by atoms with Crippen LogP contribution in [0.4, 0.5) is 0 Å². The molecular formula is C16H15N3O3S. The molecule has 3 rings (SSSR count). The van der Waals surface area contributed by atoms with E-state index in [0.717, 1.165) is 10.6 Å². The van der Waals surface area contributed by atoms with Gasteiger partial charge in [0, 0.05) is 16.8 Å². The van der Waals surface area contributed by atoms with Crippen molar-refractivity contribution in [2.75, 3.05) is 0 Å². The van der Waals surface area contributed by atoms with E-state index in [2.05, 4.69) is 10.3 Å². The molecule has 0 saturated carbocycles. The molecule has 118 valence electrons. The van der Waals surface area contributed by atoms with Gasteiger partial charge in [0.2, 0.25) is 0 Å². The molecule has 0 radical (unpaired) electrons. The number of aryl methyl sites for hydroxylation is 1. The van der Waals surface area contributed by atoms with Crippen molar-refractivity contribution in [1.29, 1.82) is 0 Å². The van der Waals surface area contributed by atoms with Crippen LogP contribution in [0.15, 0.2) is 41.9 Å². The predicted molar refractivity (Wildman–Crippen MR) is 86.7 cm³/mol. The third-order valence-electron chi connectivity index (χ3n) is 3.50. The molecule has 0 aliphatic rings. The number of aliphatic carboxylic acids is 1. The minimum absolute atomic E-state index is 0.168. The standard InChI is InChI=1S/C16H15N3O3S/c1-10-4-2-6-14-17-12(9-19(10)14)16(22)18-11(8-15(20)21)13-5-3-7-23-13/h2-7,9,11H,8H2,1H3,(H,18,22)(H,20,21)/t11-/m1/s1. The molecule has 23 heavy (non-hydrogen) atoms. The summed E-state index contributed by atoms with van der Waals surface area (Å²) in [6, 6.07) is 8.69. The highest BCUT2D eigenvalue weighted by Gasteiger charge is 2.21. The van der Waals surface area contributed by atoms with Crippen molar-refractivity contribution < 1.29 is 14.7 Å². The lowest BCUT2D eigenvalue weighted by atomic mass is 10.1. The zero-order valence-electron chi connectivity index (χ0n) is 12.4. The van der Waals surface area contributed by atoms with Crippen molar-refractivity contribution in [3.8, 4) is 0 Å². The zero-order chi connectivity index (χ0) is 16.4. The molecular weight excluding hydrogens is 314 g/mol. The first-order valence-electron chi connectivity index (χ1n) is 7.05. The van der Waals surface area contributed by atoms with E-state index >= 15 is 0 Å². The van der Waals surface area contributed by atoms with Crippen LogP contribution in [0.2, 0.25) is 0 Å². The summed E-state index contributed by atoms with van der Waals surface area (Å²) in [5.41, 5.74) is 1.92. The maximum Gasteiger partial charge on any atom is 0.305 e. The SMILES string of the molecule is Cc1cccc2nc(C(=O)N[C@H](CC(=O)O)c3cccs3)cn12. The maximum absolute atomic E-state index is 12.4. The molecule has 0 aromatic carbocycles. The van der Waals surface area contributed by atoms with Gasteiger partial charge in [-0.05, 0) is 30.5 Å². The van der Waals surface area contributed by atoms with Gasteiger partial charge in [-0.25, -0.2) is 4.98 Å². The highest BCUT2D eigenvalue weighted by molar-refractivity contribution is 7.10. The summed E-state index contributed by atoms with van der Waals surface area (Å²) in [6.07, 6.45) is 1.49. The van der Waals surface area contributed by atoms with E-state index in [0.29, 0.717) is 5.65 Å². The van der Waals surface area contributed by atoms with Gasteiger partial charge < -0.3 is 14.8 Å². The number of carbonyl (C=O) groups excluding carboxylic acids is 1. The van der Waals surface area contributed by atoms with E-state index in [4.69, 9.17) is 5.11 Å². The first-order chi connectivity index (χ1) is 11.0. The summed E-state index contributed by atoms with van der Waals surface area (Å²) < 4.78 is 1.83. The number of nitrogens with one attached hydrogen (secondary N) is 1. The molecule has 0 aliphatic carbocycles. The summed E-state index contributed by atoms with van der Waals surface area (Å²) in [4.78, 5) is 28.6. The second-order valence-electron chi connectivity index (χ2n) is 5.16. The number of nitrogens with zero attached hydrogens (tertiary/aromatic N) is 2. The van der Waals surface area contributed by atoms with E-state index in [1.807, 2.05) is 47.0 Å². The molecule has 0 aliphatic heterocycles. The van der Waals surface area contributed by atoms with Crippen molar-refractivity contribution in [1.82, 2.24) is 14.7 Å². The molecule has 2 N–H and O–H groups in total. The van der Waals surface area contributed by atoms with Crippen LogP contribution in [0.25, 0.3) is 5.65 Å². The van der Waals surface area contributed by atoms with Crippen LogP contribution >= 0.6 is 11.3 Å².